The van der Waals surface area contributed by atoms with Crippen molar-refractivity contribution in [3.63, 3.8) is 0 Å². The Labute approximate surface area is 106 Å². The predicted octanol–water partition coefficient (Wildman–Crippen LogP) is 2.14. The van der Waals surface area contributed by atoms with Gasteiger partial charge in [0.25, 0.3) is 0 Å². The van der Waals surface area contributed by atoms with Crippen molar-refractivity contribution in [3.8, 4) is 6.07 Å². The third-order valence-corrected chi connectivity index (χ3v) is 2.44. The lowest BCUT2D eigenvalue weighted by Gasteiger charge is -2.03. The van der Waals surface area contributed by atoms with Crippen molar-refractivity contribution in [2.24, 2.45) is 0 Å². The number of nitriles is 1. The first-order valence-electron chi connectivity index (χ1n) is 5.60. The summed E-state index contributed by atoms with van der Waals surface area (Å²) in [4.78, 5) is 0. The maximum absolute atomic E-state index is 8.82. The summed E-state index contributed by atoms with van der Waals surface area (Å²) in [6, 6.07) is 9.43. The van der Waals surface area contributed by atoms with E-state index in [1.54, 1.807) is 30.1 Å². The molecule has 0 unspecified atom stereocenters. The fourth-order valence-electron chi connectivity index (χ4n) is 1.57. The first-order chi connectivity index (χ1) is 8.81. The highest BCUT2D eigenvalue weighted by molar-refractivity contribution is 5.59. The summed E-state index contributed by atoms with van der Waals surface area (Å²) < 4.78 is 6.79. The van der Waals surface area contributed by atoms with Crippen molar-refractivity contribution in [2.75, 3.05) is 19.0 Å². The number of rotatable bonds is 5. The largest absolute Gasteiger partial charge is 0.383 e. The molecule has 0 spiro atoms. The number of hydrogen-bond donors (Lipinski definition) is 1. The Bertz CT molecular complexity index is 556. The molecule has 92 valence electrons. The molecule has 5 heteroatoms. The number of hydrogen-bond acceptors (Lipinski definition) is 4. The molecule has 0 radical (unpaired) electrons. The summed E-state index contributed by atoms with van der Waals surface area (Å²) in [6.45, 7) is 1.35. The van der Waals surface area contributed by atoms with Gasteiger partial charge in [-0.05, 0) is 18.2 Å². The normalized spacial score (nSPS) is 10.0. The second kappa shape index (κ2) is 5.84. The number of nitrogens with zero attached hydrogens (tertiary/aromatic N) is 3. The van der Waals surface area contributed by atoms with E-state index in [2.05, 4.69) is 16.5 Å². The first kappa shape index (κ1) is 12.1. The maximum Gasteiger partial charge on any atom is 0.0992 e. The van der Waals surface area contributed by atoms with E-state index in [9.17, 15) is 0 Å². The number of aromatic nitrogens is 2. The van der Waals surface area contributed by atoms with Gasteiger partial charge in [-0.1, -0.05) is 6.07 Å². The van der Waals surface area contributed by atoms with Gasteiger partial charge in [-0.25, -0.2) is 0 Å². The lowest BCUT2D eigenvalue weighted by Crippen LogP contribution is -2.03. The van der Waals surface area contributed by atoms with E-state index in [1.165, 1.54) is 0 Å². The van der Waals surface area contributed by atoms with Crippen LogP contribution in [0.2, 0.25) is 0 Å². The molecule has 2 rings (SSSR count). The van der Waals surface area contributed by atoms with Crippen molar-refractivity contribution >= 4 is 11.4 Å². The fourth-order valence-corrected chi connectivity index (χ4v) is 1.57. The van der Waals surface area contributed by atoms with Gasteiger partial charge in [-0.2, -0.15) is 10.4 Å². The van der Waals surface area contributed by atoms with Crippen LogP contribution in [0.5, 0.6) is 0 Å². The molecule has 0 saturated carbocycles. The van der Waals surface area contributed by atoms with E-state index in [-0.39, 0.29) is 0 Å². The van der Waals surface area contributed by atoms with E-state index < -0.39 is 0 Å². The molecule has 0 bridgehead atoms. The minimum absolute atomic E-state index is 0.630. The SMILES string of the molecule is COCCn1cc(Nc2cccc(C#N)c2)cn1. The average Bonchev–Trinajstić information content (AvgIpc) is 2.84. The Kier molecular flexibility index (Phi) is 3.94. The molecular formula is C13H14N4O. The van der Waals surface area contributed by atoms with E-state index in [1.807, 2.05) is 18.3 Å². The van der Waals surface area contributed by atoms with Gasteiger partial charge in [0.15, 0.2) is 0 Å². The molecule has 0 saturated heterocycles. The van der Waals surface area contributed by atoms with Crippen molar-refractivity contribution in [1.82, 2.24) is 9.78 Å². The van der Waals surface area contributed by atoms with Crippen LogP contribution in [0.3, 0.4) is 0 Å². The zero-order valence-electron chi connectivity index (χ0n) is 10.1. The maximum atomic E-state index is 8.82. The molecular weight excluding hydrogens is 228 g/mol. The Morgan fingerprint density at radius 1 is 1.44 bits per heavy atom. The van der Waals surface area contributed by atoms with Crippen LogP contribution in [-0.2, 0) is 11.3 Å². The van der Waals surface area contributed by atoms with Crippen molar-refractivity contribution < 1.29 is 4.74 Å². The highest BCUT2D eigenvalue weighted by atomic mass is 16.5. The molecule has 0 aliphatic rings. The summed E-state index contributed by atoms with van der Waals surface area (Å²) in [5.41, 5.74) is 2.40. The highest BCUT2D eigenvalue weighted by Gasteiger charge is 2.00. The van der Waals surface area contributed by atoms with E-state index in [0.29, 0.717) is 12.2 Å². The molecule has 18 heavy (non-hydrogen) atoms. The summed E-state index contributed by atoms with van der Waals surface area (Å²) >= 11 is 0. The second-order valence-corrected chi connectivity index (χ2v) is 3.80. The smallest absolute Gasteiger partial charge is 0.0992 e. The highest BCUT2D eigenvalue weighted by Crippen LogP contribution is 2.16. The van der Waals surface area contributed by atoms with Crippen LogP contribution >= 0.6 is 0 Å². The van der Waals surface area contributed by atoms with Gasteiger partial charge in [0.2, 0.25) is 0 Å². The summed E-state index contributed by atoms with van der Waals surface area (Å²) in [6.07, 6.45) is 3.65. The van der Waals surface area contributed by atoms with Crippen LogP contribution in [0.15, 0.2) is 36.7 Å². The van der Waals surface area contributed by atoms with Gasteiger partial charge in [0.1, 0.15) is 0 Å². The van der Waals surface area contributed by atoms with Gasteiger partial charge in [0.05, 0.1) is 36.7 Å². The third kappa shape index (κ3) is 3.09. The minimum atomic E-state index is 0.630. The molecule has 5 nitrogen and oxygen atoms in total. The molecule has 2 aromatic rings. The van der Waals surface area contributed by atoms with E-state index in [4.69, 9.17) is 10.00 Å². The fraction of sp³-hybridized carbons (Fsp3) is 0.231. The van der Waals surface area contributed by atoms with E-state index >= 15 is 0 Å². The molecule has 0 amide bonds. The standard InChI is InChI=1S/C13H14N4O/c1-18-6-5-17-10-13(9-15-17)16-12-4-2-3-11(7-12)8-14/h2-4,7,9-10,16H,5-6H2,1H3. The number of methoxy groups -OCH3 is 1. The van der Waals surface area contributed by atoms with Crippen molar-refractivity contribution in [3.05, 3.63) is 42.2 Å². The monoisotopic (exact) mass is 242 g/mol. The van der Waals surface area contributed by atoms with Crippen molar-refractivity contribution in [2.45, 2.75) is 6.54 Å². The first-order valence-corrected chi connectivity index (χ1v) is 5.60. The van der Waals surface area contributed by atoms with Crippen LogP contribution in [0.4, 0.5) is 11.4 Å². The Hall–Kier alpha value is -2.32. The topological polar surface area (TPSA) is 62.9 Å². The minimum Gasteiger partial charge on any atom is -0.383 e. The third-order valence-electron chi connectivity index (χ3n) is 2.44. The van der Waals surface area contributed by atoms with Crippen LogP contribution in [0.1, 0.15) is 5.56 Å². The summed E-state index contributed by atoms with van der Waals surface area (Å²) in [5, 5.41) is 16.2. The zero-order chi connectivity index (χ0) is 12.8. The molecule has 1 heterocycles. The molecule has 1 aromatic carbocycles. The van der Waals surface area contributed by atoms with Gasteiger partial charge in [0, 0.05) is 19.0 Å². The zero-order valence-corrected chi connectivity index (χ0v) is 10.1. The predicted molar refractivity (Wildman–Crippen MR) is 68.5 cm³/mol. The van der Waals surface area contributed by atoms with Crippen LogP contribution in [-0.4, -0.2) is 23.5 Å². The molecule has 0 aliphatic heterocycles. The van der Waals surface area contributed by atoms with E-state index in [0.717, 1.165) is 17.9 Å². The average molecular weight is 242 g/mol. The van der Waals surface area contributed by atoms with Gasteiger partial charge in [-0.3, -0.25) is 4.68 Å². The van der Waals surface area contributed by atoms with Crippen LogP contribution < -0.4 is 5.32 Å². The second-order valence-electron chi connectivity index (χ2n) is 3.80. The number of anilines is 2. The lowest BCUT2D eigenvalue weighted by molar-refractivity contribution is 0.183. The number of benzene rings is 1. The summed E-state index contributed by atoms with van der Waals surface area (Å²) in [5.74, 6) is 0. The Morgan fingerprint density at radius 3 is 3.11 bits per heavy atom. The summed E-state index contributed by atoms with van der Waals surface area (Å²) in [7, 11) is 1.66. The van der Waals surface area contributed by atoms with Crippen LogP contribution in [0, 0.1) is 11.3 Å². The molecule has 1 N–H and O–H groups in total. The van der Waals surface area contributed by atoms with Gasteiger partial charge in [-0.15, -0.1) is 0 Å². The Balaban J connectivity index is 2.04. The Morgan fingerprint density at radius 2 is 2.33 bits per heavy atom. The molecule has 0 fully saturated rings. The quantitative estimate of drug-likeness (QED) is 0.872. The number of ether oxygens (including phenoxy) is 1. The molecule has 0 atom stereocenters. The van der Waals surface area contributed by atoms with Gasteiger partial charge < -0.3 is 10.1 Å². The molecule has 0 aliphatic carbocycles. The van der Waals surface area contributed by atoms with Crippen molar-refractivity contribution in [1.29, 1.82) is 5.26 Å². The number of nitrogens with one attached hydrogen (secondary N) is 1. The van der Waals surface area contributed by atoms with Gasteiger partial charge >= 0.3 is 0 Å². The molecule has 1 aromatic heterocycles. The van der Waals surface area contributed by atoms with Crippen LogP contribution in [0.25, 0.3) is 0 Å². The lowest BCUT2D eigenvalue weighted by atomic mass is 10.2.